The van der Waals surface area contributed by atoms with E-state index in [1.54, 1.807) is 19.2 Å². The van der Waals surface area contributed by atoms with Gasteiger partial charge in [0.2, 0.25) is 0 Å². The van der Waals surface area contributed by atoms with Crippen LogP contribution in [-0.4, -0.2) is 12.1 Å². The van der Waals surface area contributed by atoms with Crippen molar-refractivity contribution in [1.29, 1.82) is 0 Å². The zero-order valence-electron chi connectivity index (χ0n) is 11.0. The van der Waals surface area contributed by atoms with Gasteiger partial charge in [0.15, 0.2) is 0 Å². The molecule has 5 heteroatoms. The minimum Gasteiger partial charge on any atom is -0.496 e. The van der Waals surface area contributed by atoms with Gasteiger partial charge in [-0.15, -0.1) is 0 Å². The van der Waals surface area contributed by atoms with E-state index in [4.69, 9.17) is 22.7 Å². The summed E-state index contributed by atoms with van der Waals surface area (Å²) >= 11 is 4.89. The third-order valence-electron chi connectivity index (χ3n) is 2.92. The third kappa shape index (κ3) is 3.05. The highest BCUT2D eigenvalue weighted by atomic mass is 32.1. The van der Waals surface area contributed by atoms with Crippen molar-refractivity contribution in [3.63, 3.8) is 0 Å². The smallest absolute Gasteiger partial charge is 0.135 e. The van der Waals surface area contributed by atoms with Crippen molar-refractivity contribution in [3.05, 3.63) is 59.4 Å². The molecule has 3 N–H and O–H groups in total. The minimum absolute atomic E-state index is 0.0330. The van der Waals surface area contributed by atoms with Gasteiger partial charge in [-0.05, 0) is 18.2 Å². The van der Waals surface area contributed by atoms with Crippen LogP contribution in [0.2, 0.25) is 0 Å². The van der Waals surface area contributed by atoms with Gasteiger partial charge in [0.1, 0.15) is 16.6 Å². The lowest BCUT2D eigenvalue weighted by molar-refractivity contribution is 0.410. The summed E-state index contributed by atoms with van der Waals surface area (Å²) in [5, 5.41) is 3.14. The van der Waals surface area contributed by atoms with Crippen LogP contribution in [0.5, 0.6) is 5.75 Å². The first-order chi connectivity index (χ1) is 9.63. The molecule has 0 heterocycles. The molecule has 0 aliphatic rings. The van der Waals surface area contributed by atoms with E-state index >= 15 is 0 Å². The fraction of sp³-hybridized carbons (Fsp3) is 0.133. The molecule has 0 aliphatic heterocycles. The number of methoxy groups -OCH3 is 1. The van der Waals surface area contributed by atoms with Gasteiger partial charge >= 0.3 is 0 Å². The zero-order chi connectivity index (χ0) is 14.5. The van der Waals surface area contributed by atoms with Crippen molar-refractivity contribution in [1.82, 2.24) is 0 Å². The van der Waals surface area contributed by atoms with Gasteiger partial charge in [0.25, 0.3) is 0 Å². The Hall–Kier alpha value is -2.14. The normalized spacial score (nSPS) is 10.1. The highest BCUT2D eigenvalue weighted by molar-refractivity contribution is 7.80. The summed E-state index contributed by atoms with van der Waals surface area (Å²) in [5.74, 6) is 0.343. The number of hydrogen-bond acceptors (Lipinski definition) is 3. The molecule has 0 unspecified atom stereocenters. The van der Waals surface area contributed by atoms with E-state index < -0.39 is 5.82 Å². The lowest BCUT2D eigenvalue weighted by atomic mass is 10.1. The Labute approximate surface area is 122 Å². The first kappa shape index (κ1) is 14.3. The van der Waals surface area contributed by atoms with Crippen molar-refractivity contribution >= 4 is 22.9 Å². The molecule has 0 aliphatic carbocycles. The van der Waals surface area contributed by atoms with Gasteiger partial charge in [-0.3, -0.25) is 0 Å². The number of thiocarbonyl (C=S) groups is 1. The summed E-state index contributed by atoms with van der Waals surface area (Å²) in [6.07, 6.45) is 0. The number of rotatable bonds is 5. The largest absolute Gasteiger partial charge is 0.496 e. The molecule has 0 saturated carbocycles. The average Bonchev–Trinajstić information content (AvgIpc) is 2.45. The third-order valence-corrected chi connectivity index (χ3v) is 3.13. The molecule has 0 bridgehead atoms. The Balaban J connectivity index is 2.23. The van der Waals surface area contributed by atoms with Crippen molar-refractivity contribution < 1.29 is 9.13 Å². The average molecular weight is 290 g/mol. The Morgan fingerprint density at radius 2 is 2.00 bits per heavy atom. The Morgan fingerprint density at radius 3 is 2.70 bits per heavy atom. The van der Waals surface area contributed by atoms with Gasteiger partial charge in [-0.1, -0.05) is 36.5 Å². The van der Waals surface area contributed by atoms with Crippen LogP contribution in [0.25, 0.3) is 0 Å². The van der Waals surface area contributed by atoms with E-state index in [-0.39, 0.29) is 10.6 Å². The predicted octanol–water partition coefficient (Wildman–Crippen LogP) is 3.08. The first-order valence-corrected chi connectivity index (χ1v) is 6.48. The highest BCUT2D eigenvalue weighted by Crippen LogP contribution is 2.22. The molecule has 0 radical (unpaired) electrons. The SMILES string of the molecule is COc1ccccc1CNc1cccc(F)c1C(N)=S. The summed E-state index contributed by atoms with van der Waals surface area (Å²) < 4.78 is 19.0. The second kappa shape index (κ2) is 6.34. The number of anilines is 1. The predicted molar refractivity (Wildman–Crippen MR) is 82.6 cm³/mol. The molecule has 20 heavy (non-hydrogen) atoms. The molecular weight excluding hydrogens is 275 g/mol. The van der Waals surface area contributed by atoms with Crippen molar-refractivity contribution in [2.45, 2.75) is 6.54 Å². The van der Waals surface area contributed by atoms with E-state index in [0.29, 0.717) is 12.2 Å². The molecule has 0 amide bonds. The first-order valence-electron chi connectivity index (χ1n) is 6.07. The second-order valence-corrected chi connectivity index (χ2v) is 4.63. The Morgan fingerprint density at radius 1 is 1.25 bits per heavy atom. The van der Waals surface area contributed by atoms with Gasteiger partial charge in [-0.25, -0.2) is 4.39 Å². The number of benzene rings is 2. The number of para-hydroxylation sites is 1. The van der Waals surface area contributed by atoms with Crippen molar-refractivity contribution in [2.75, 3.05) is 12.4 Å². The summed E-state index contributed by atoms with van der Waals surface area (Å²) in [7, 11) is 1.61. The second-order valence-electron chi connectivity index (χ2n) is 4.19. The van der Waals surface area contributed by atoms with Crippen LogP contribution >= 0.6 is 12.2 Å². The summed E-state index contributed by atoms with van der Waals surface area (Å²) in [6, 6.07) is 12.3. The molecule has 2 aromatic rings. The van der Waals surface area contributed by atoms with Crippen LogP contribution in [0.15, 0.2) is 42.5 Å². The van der Waals surface area contributed by atoms with E-state index in [1.165, 1.54) is 6.07 Å². The molecule has 104 valence electrons. The maximum absolute atomic E-state index is 13.7. The molecule has 2 rings (SSSR count). The van der Waals surface area contributed by atoms with Crippen LogP contribution in [0.4, 0.5) is 10.1 Å². The molecule has 0 aromatic heterocycles. The number of ether oxygens (including phenoxy) is 1. The van der Waals surface area contributed by atoms with E-state index in [1.807, 2.05) is 24.3 Å². The molecule has 2 aromatic carbocycles. The molecule has 0 fully saturated rings. The van der Waals surface area contributed by atoms with Crippen molar-refractivity contribution in [3.8, 4) is 5.75 Å². The monoisotopic (exact) mass is 290 g/mol. The van der Waals surface area contributed by atoms with E-state index in [0.717, 1.165) is 11.3 Å². The van der Waals surface area contributed by atoms with E-state index in [9.17, 15) is 4.39 Å². The van der Waals surface area contributed by atoms with Gasteiger partial charge in [0, 0.05) is 17.8 Å². The lowest BCUT2D eigenvalue weighted by Crippen LogP contribution is -2.15. The van der Waals surface area contributed by atoms with Crippen LogP contribution in [0.1, 0.15) is 11.1 Å². The van der Waals surface area contributed by atoms with Crippen LogP contribution in [0, 0.1) is 5.82 Å². The standard InChI is InChI=1S/C15H15FN2OS/c1-19-13-8-3-2-5-10(13)9-18-12-7-4-6-11(16)14(12)15(17)20/h2-8,18H,9H2,1H3,(H2,17,20). The van der Waals surface area contributed by atoms with Crippen LogP contribution in [-0.2, 0) is 6.54 Å². The fourth-order valence-corrected chi connectivity index (χ4v) is 2.17. The zero-order valence-corrected chi connectivity index (χ0v) is 11.8. The molecule has 0 saturated heterocycles. The van der Waals surface area contributed by atoms with E-state index in [2.05, 4.69) is 5.32 Å². The maximum Gasteiger partial charge on any atom is 0.135 e. The molecule has 3 nitrogen and oxygen atoms in total. The number of hydrogen-bond donors (Lipinski definition) is 2. The summed E-state index contributed by atoms with van der Waals surface area (Å²) in [5.41, 5.74) is 7.34. The quantitative estimate of drug-likeness (QED) is 0.831. The lowest BCUT2D eigenvalue weighted by Gasteiger charge is -2.13. The maximum atomic E-state index is 13.7. The molecular formula is C15H15FN2OS. The highest BCUT2D eigenvalue weighted by Gasteiger charge is 2.11. The number of halogens is 1. The Kier molecular flexibility index (Phi) is 4.53. The van der Waals surface area contributed by atoms with Crippen LogP contribution < -0.4 is 15.8 Å². The van der Waals surface area contributed by atoms with Gasteiger partial charge < -0.3 is 15.8 Å². The molecule has 0 atom stereocenters. The van der Waals surface area contributed by atoms with Crippen molar-refractivity contribution in [2.24, 2.45) is 5.73 Å². The van der Waals surface area contributed by atoms with Crippen LogP contribution in [0.3, 0.4) is 0 Å². The summed E-state index contributed by atoms with van der Waals surface area (Å²) in [4.78, 5) is 0.0330. The number of nitrogens with one attached hydrogen (secondary N) is 1. The topological polar surface area (TPSA) is 47.3 Å². The Bertz CT molecular complexity index is 631. The molecule has 0 spiro atoms. The number of nitrogens with two attached hydrogens (primary N) is 1. The fourth-order valence-electron chi connectivity index (χ4n) is 1.96. The van der Waals surface area contributed by atoms with Gasteiger partial charge in [0.05, 0.1) is 12.7 Å². The minimum atomic E-state index is -0.428. The van der Waals surface area contributed by atoms with Gasteiger partial charge in [-0.2, -0.15) is 0 Å². The summed E-state index contributed by atoms with van der Waals surface area (Å²) in [6.45, 7) is 0.489.